The van der Waals surface area contributed by atoms with Gasteiger partial charge in [-0.1, -0.05) is 12.2 Å². The summed E-state index contributed by atoms with van der Waals surface area (Å²) in [5.41, 5.74) is 0.345. The summed E-state index contributed by atoms with van der Waals surface area (Å²) in [6, 6.07) is 1.39. The monoisotopic (exact) mass is 239 g/mol. The van der Waals surface area contributed by atoms with Crippen LogP contribution in [0.4, 0.5) is 5.95 Å². The van der Waals surface area contributed by atoms with Crippen molar-refractivity contribution in [3.63, 3.8) is 0 Å². The summed E-state index contributed by atoms with van der Waals surface area (Å²) in [6.45, 7) is 8.47. The van der Waals surface area contributed by atoms with Gasteiger partial charge in [-0.25, -0.2) is 4.98 Å². The second-order valence-electron chi connectivity index (χ2n) is 3.18. The summed E-state index contributed by atoms with van der Waals surface area (Å²) < 4.78 is 0. The van der Waals surface area contributed by atoms with Gasteiger partial charge in [0, 0.05) is 19.2 Å². The second-order valence-corrected chi connectivity index (χ2v) is 3.44. The fourth-order valence-corrected chi connectivity index (χ4v) is 1.41. The first kappa shape index (κ1) is 12.5. The van der Waals surface area contributed by atoms with E-state index in [9.17, 15) is 4.79 Å². The van der Waals surface area contributed by atoms with E-state index < -0.39 is 0 Å². The predicted octanol–water partition coefficient (Wildman–Crippen LogP) is 1.69. The number of nitrogens with zero attached hydrogens (tertiary/aromatic N) is 2. The Bertz CT molecular complexity index is 417. The Kier molecular flexibility index (Phi) is 4.79. The summed E-state index contributed by atoms with van der Waals surface area (Å²) in [6.07, 6.45) is 3.47. The topological polar surface area (TPSA) is 49.0 Å². The van der Waals surface area contributed by atoms with Crippen molar-refractivity contribution in [3.05, 3.63) is 47.4 Å². The minimum Gasteiger partial charge on any atom is -0.335 e. The molecule has 1 aromatic rings. The van der Waals surface area contributed by atoms with Crippen molar-refractivity contribution in [3.8, 4) is 0 Å². The lowest BCUT2D eigenvalue weighted by atomic mass is 10.4. The number of aromatic amines is 1. The van der Waals surface area contributed by atoms with E-state index in [0.717, 1.165) is 0 Å². The largest absolute Gasteiger partial charge is 0.335 e. The van der Waals surface area contributed by atoms with Crippen LogP contribution in [-0.2, 0) is 5.88 Å². The lowest BCUT2D eigenvalue weighted by Crippen LogP contribution is -2.28. The molecule has 4 nitrogen and oxygen atoms in total. The van der Waals surface area contributed by atoms with E-state index >= 15 is 0 Å². The first-order valence-electron chi connectivity index (χ1n) is 4.84. The van der Waals surface area contributed by atoms with Crippen molar-refractivity contribution in [2.45, 2.75) is 5.88 Å². The lowest BCUT2D eigenvalue weighted by molar-refractivity contribution is 0.869. The number of anilines is 1. The van der Waals surface area contributed by atoms with Gasteiger partial charge >= 0.3 is 0 Å². The first-order valence-corrected chi connectivity index (χ1v) is 5.37. The molecule has 0 saturated carbocycles. The van der Waals surface area contributed by atoms with Gasteiger partial charge in [-0.3, -0.25) is 9.78 Å². The summed E-state index contributed by atoms with van der Waals surface area (Å²) in [7, 11) is 0. The molecule has 5 heteroatoms. The van der Waals surface area contributed by atoms with Crippen LogP contribution in [0.15, 0.2) is 36.2 Å². The molecule has 0 aromatic carbocycles. The highest BCUT2D eigenvalue weighted by molar-refractivity contribution is 6.16. The molecule has 0 radical (unpaired) electrons. The van der Waals surface area contributed by atoms with Crippen LogP contribution >= 0.6 is 11.6 Å². The molecule has 1 aromatic heterocycles. The molecule has 0 aliphatic heterocycles. The van der Waals surface area contributed by atoms with Crippen LogP contribution in [0.3, 0.4) is 0 Å². The zero-order chi connectivity index (χ0) is 12.0. The molecule has 0 bridgehead atoms. The first-order chi connectivity index (χ1) is 7.71. The molecule has 0 atom stereocenters. The van der Waals surface area contributed by atoms with Crippen molar-refractivity contribution in [2.75, 3.05) is 18.0 Å². The molecule has 0 aliphatic carbocycles. The SMILES string of the molecule is C=CCN(CC=C)c1nc(CCl)cc(=O)[nH]1. The van der Waals surface area contributed by atoms with Crippen molar-refractivity contribution < 1.29 is 0 Å². The van der Waals surface area contributed by atoms with E-state index in [1.54, 1.807) is 12.2 Å². The molecular formula is C11H14ClN3O. The molecule has 1 heterocycles. The third-order valence-corrected chi connectivity index (χ3v) is 2.19. The average Bonchev–Trinajstić information content (AvgIpc) is 2.28. The standard InChI is InChI=1S/C11H14ClN3O/c1-3-5-15(6-4-2)11-13-9(8-12)7-10(16)14-11/h3-4,7H,1-2,5-6,8H2,(H,13,14,16). The zero-order valence-corrected chi connectivity index (χ0v) is 9.70. The number of hydrogen-bond acceptors (Lipinski definition) is 3. The van der Waals surface area contributed by atoms with E-state index in [0.29, 0.717) is 24.7 Å². The minimum atomic E-state index is -0.209. The highest BCUT2D eigenvalue weighted by atomic mass is 35.5. The Morgan fingerprint density at radius 1 is 1.44 bits per heavy atom. The molecule has 1 rings (SSSR count). The molecule has 0 saturated heterocycles. The van der Waals surface area contributed by atoms with E-state index in [-0.39, 0.29) is 11.4 Å². The fourth-order valence-electron chi connectivity index (χ4n) is 1.27. The van der Waals surface area contributed by atoms with Gasteiger partial charge in [0.2, 0.25) is 5.95 Å². The highest BCUT2D eigenvalue weighted by Crippen LogP contribution is 2.06. The van der Waals surface area contributed by atoms with E-state index in [2.05, 4.69) is 23.1 Å². The van der Waals surface area contributed by atoms with Gasteiger partial charge in [-0.05, 0) is 0 Å². The Morgan fingerprint density at radius 2 is 2.06 bits per heavy atom. The highest BCUT2D eigenvalue weighted by Gasteiger charge is 2.07. The Morgan fingerprint density at radius 3 is 2.56 bits per heavy atom. The van der Waals surface area contributed by atoms with Gasteiger partial charge in [0.25, 0.3) is 5.56 Å². The van der Waals surface area contributed by atoms with Crippen LogP contribution in [0.1, 0.15) is 5.69 Å². The van der Waals surface area contributed by atoms with Crippen molar-refractivity contribution in [1.82, 2.24) is 9.97 Å². The molecule has 0 spiro atoms. The van der Waals surface area contributed by atoms with E-state index in [1.165, 1.54) is 6.07 Å². The number of aromatic nitrogens is 2. The second kappa shape index (κ2) is 6.12. The Hall–Kier alpha value is -1.55. The number of alkyl halides is 1. The molecule has 0 aliphatic rings. The normalized spacial score (nSPS) is 9.81. The number of rotatable bonds is 6. The van der Waals surface area contributed by atoms with Crippen LogP contribution in [0.2, 0.25) is 0 Å². The van der Waals surface area contributed by atoms with Gasteiger partial charge in [-0.2, -0.15) is 0 Å². The molecular weight excluding hydrogens is 226 g/mol. The lowest BCUT2D eigenvalue weighted by Gasteiger charge is -2.19. The minimum absolute atomic E-state index is 0.209. The smallest absolute Gasteiger partial charge is 0.252 e. The van der Waals surface area contributed by atoms with Crippen LogP contribution < -0.4 is 10.5 Å². The van der Waals surface area contributed by atoms with Crippen LogP contribution in [0, 0.1) is 0 Å². The van der Waals surface area contributed by atoms with Crippen LogP contribution in [0.5, 0.6) is 0 Å². The van der Waals surface area contributed by atoms with E-state index in [1.807, 2.05) is 4.90 Å². The maximum absolute atomic E-state index is 11.4. The van der Waals surface area contributed by atoms with Crippen LogP contribution in [-0.4, -0.2) is 23.1 Å². The molecule has 0 unspecified atom stereocenters. The number of H-pyrrole nitrogens is 1. The van der Waals surface area contributed by atoms with Gasteiger partial charge in [0.15, 0.2) is 0 Å². The van der Waals surface area contributed by atoms with Gasteiger partial charge in [-0.15, -0.1) is 24.8 Å². The van der Waals surface area contributed by atoms with Crippen molar-refractivity contribution in [2.24, 2.45) is 0 Å². The third kappa shape index (κ3) is 3.24. The summed E-state index contributed by atoms with van der Waals surface area (Å²) in [4.78, 5) is 20.1. The third-order valence-electron chi connectivity index (χ3n) is 1.92. The van der Waals surface area contributed by atoms with Gasteiger partial charge in [0.05, 0.1) is 11.6 Å². The maximum atomic E-state index is 11.4. The molecule has 86 valence electrons. The van der Waals surface area contributed by atoms with Crippen LogP contribution in [0.25, 0.3) is 0 Å². The summed E-state index contributed by atoms with van der Waals surface area (Å²) in [5.74, 6) is 0.704. The van der Waals surface area contributed by atoms with Gasteiger partial charge < -0.3 is 4.90 Å². The number of hydrogen-bond donors (Lipinski definition) is 1. The average molecular weight is 240 g/mol. The molecule has 0 amide bonds. The van der Waals surface area contributed by atoms with Crippen molar-refractivity contribution in [1.29, 1.82) is 0 Å². The maximum Gasteiger partial charge on any atom is 0.252 e. The molecule has 1 N–H and O–H groups in total. The Balaban J connectivity index is 3.06. The quantitative estimate of drug-likeness (QED) is 0.607. The number of nitrogens with one attached hydrogen (secondary N) is 1. The number of halogens is 1. The molecule has 16 heavy (non-hydrogen) atoms. The fraction of sp³-hybridized carbons (Fsp3) is 0.273. The summed E-state index contributed by atoms with van der Waals surface area (Å²) >= 11 is 5.66. The molecule has 0 fully saturated rings. The zero-order valence-electron chi connectivity index (χ0n) is 8.95. The Labute approximate surface area is 99.3 Å². The predicted molar refractivity (Wildman–Crippen MR) is 67.0 cm³/mol. The summed E-state index contributed by atoms with van der Waals surface area (Å²) in [5, 5.41) is 0. The van der Waals surface area contributed by atoms with Crippen molar-refractivity contribution >= 4 is 17.5 Å². The van der Waals surface area contributed by atoms with E-state index in [4.69, 9.17) is 11.6 Å². The van der Waals surface area contributed by atoms with Gasteiger partial charge in [0.1, 0.15) is 0 Å².